The third-order valence-corrected chi connectivity index (χ3v) is 5.85. The maximum atomic E-state index is 12.8. The second-order valence-electron chi connectivity index (χ2n) is 6.11. The van der Waals surface area contributed by atoms with Gasteiger partial charge >= 0.3 is 0 Å². The van der Waals surface area contributed by atoms with Crippen molar-refractivity contribution < 1.29 is 4.79 Å². The van der Waals surface area contributed by atoms with Gasteiger partial charge in [0.05, 0.1) is 0 Å². The predicted octanol–water partition coefficient (Wildman–Crippen LogP) is 7.41. The number of rotatable bonds is 6. The molecule has 3 rings (SSSR count). The average molecular weight is 401 g/mol. The maximum Gasteiger partial charge on any atom is 0.164 e. The van der Waals surface area contributed by atoms with Gasteiger partial charge in [-0.1, -0.05) is 65.2 Å². The Morgan fingerprint density at radius 1 is 0.846 bits per heavy atom. The molecule has 0 radical (unpaired) electrons. The van der Waals surface area contributed by atoms with Gasteiger partial charge in [0.15, 0.2) is 5.78 Å². The van der Waals surface area contributed by atoms with Gasteiger partial charge in [-0.05, 0) is 48.9 Å². The molecule has 1 nitrogen and oxygen atoms in total. The maximum absolute atomic E-state index is 12.8. The van der Waals surface area contributed by atoms with Crippen LogP contribution in [0.4, 0.5) is 0 Å². The van der Waals surface area contributed by atoms with Crippen molar-refractivity contribution in [3.05, 3.63) is 99.5 Å². The summed E-state index contributed by atoms with van der Waals surface area (Å²) >= 11 is 13.7. The lowest BCUT2D eigenvalue weighted by Gasteiger charge is -2.17. The smallest absolute Gasteiger partial charge is 0.164 e. The van der Waals surface area contributed by atoms with Crippen LogP contribution in [-0.2, 0) is 0 Å². The molecule has 4 heteroatoms. The summed E-state index contributed by atoms with van der Waals surface area (Å²) in [5.74, 6) is 0.131. The lowest BCUT2D eigenvalue weighted by molar-refractivity contribution is 0.0982. The lowest BCUT2D eigenvalue weighted by atomic mass is 10.0. The van der Waals surface area contributed by atoms with Gasteiger partial charge in [0.2, 0.25) is 0 Å². The van der Waals surface area contributed by atoms with Crippen molar-refractivity contribution in [1.29, 1.82) is 0 Å². The Morgan fingerprint density at radius 3 is 1.96 bits per heavy atom. The van der Waals surface area contributed by atoms with Crippen molar-refractivity contribution in [2.45, 2.75) is 23.5 Å². The van der Waals surface area contributed by atoms with Crippen LogP contribution in [0.2, 0.25) is 10.0 Å². The molecule has 0 spiro atoms. The summed E-state index contributed by atoms with van der Waals surface area (Å²) in [6.45, 7) is 2.02. The molecule has 0 bridgehead atoms. The average Bonchev–Trinajstić information content (AvgIpc) is 2.64. The summed E-state index contributed by atoms with van der Waals surface area (Å²) in [7, 11) is 0. The molecule has 26 heavy (non-hydrogen) atoms. The monoisotopic (exact) mass is 400 g/mol. The summed E-state index contributed by atoms with van der Waals surface area (Å²) in [6, 6.07) is 23.1. The first-order valence-corrected chi connectivity index (χ1v) is 9.92. The number of aryl methyl sites for hydroxylation is 1. The molecule has 0 fully saturated rings. The Balaban J connectivity index is 1.84. The minimum atomic E-state index is 0.00208. The number of hydrogen-bond donors (Lipinski definition) is 0. The minimum absolute atomic E-state index is 0.00208. The third-order valence-electron chi connectivity index (χ3n) is 4.08. The molecular formula is C22H18Cl2OS. The molecule has 0 saturated heterocycles. The number of carbonyl (C=O) groups is 1. The number of thioether (sulfide) groups is 1. The largest absolute Gasteiger partial charge is 0.294 e. The van der Waals surface area contributed by atoms with Gasteiger partial charge in [-0.25, -0.2) is 0 Å². The molecule has 0 aliphatic heterocycles. The van der Waals surface area contributed by atoms with Gasteiger partial charge in [0.25, 0.3) is 0 Å². The van der Waals surface area contributed by atoms with E-state index in [2.05, 4.69) is 0 Å². The summed E-state index contributed by atoms with van der Waals surface area (Å²) in [6.07, 6.45) is 0.415. The van der Waals surface area contributed by atoms with E-state index < -0.39 is 0 Å². The molecule has 0 N–H and O–H groups in total. The fourth-order valence-electron chi connectivity index (χ4n) is 2.61. The summed E-state index contributed by atoms with van der Waals surface area (Å²) in [4.78, 5) is 13.9. The van der Waals surface area contributed by atoms with Crippen LogP contribution in [0, 0.1) is 6.92 Å². The van der Waals surface area contributed by atoms with Crippen molar-refractivity contribution in [3.63, 3.8) is 0 Å². The molecule has 3 aromatic carbocycles. The highest BCUT2D eigenvalue weighted by Crippen LogP contribution is 2.39. The SMILES string of the molecule is Cc1ccc(C(=O)C[C@@H](Sc2ccc(Cl)cc2)c2ccc(Cl)cc2)cc1. The van der Waals surface area contributed by atoms with Crippen LogP contribution in [0.1, 0.15) is 33.2 Å². The fourth-order valence-corrected chi connectivity index (χ4v) is 4.01. The number of hydrogen-bond acceptors (Lipinski definition) is 2. The van der Waals surface area contributed by atoms with Crippen LogP contribution in [0.3, 0.4) is 0 Å². The zero-order chi connectivity index (χ0) is 18.5. The molecule has 1 atom stereocenters. The normalized spacial score (nSPS) is 12.0. The highest BCUT2D eigenvalue weighted by Gasteiger charge is 2.19. The number of Topliss-reactive ketones (excluding diaryl/α,β-unsaturated/α-hetero) is 1. The first-order chi connectivity index (χ1) is 12.5. The Hall–Kier alpha value is -1.74. The van der Waals surface area contributed by atoms with Crippen LogP contribution >= 0.6 is 35.0 Å². The first kappa shape index (κ1) is 19.0. The molecule has 0 aromatic heterocycles. The van der Waals surface area contributed by atoms with Crippen molar-refractivity contribution in [2.75, 3.05) is 0 Å². The van der Waals surface area contributed by atoms with E-state index in [1.54, 1.807) is 11.8 Å². The summed E-state index contributed by atoms with van der Waals surface area (Å²) < 4.78 is 0. The lowest BCUT2D eigenvalue weighted by Crippen LogP contribution is -2.05. The number of ketones is 1. The van der Waals surface area contributed by atoms with E-state index in [9.17, 15) is 4.79 Å². The topological polar surface area (TPSA) is 17.1 Å². The standard InChI is InChI=1S/C22H18Cl2OS/c1-15-2-4-16(5-3-15)21(25)14-22(17-6-8-18(23)9-7-17)26-20-12-10-19(24)11-13-20/h2-13,22H,14H2,1H3/t22-/m1/s1. The highest BCUT2D eigenvalue weighted by molar-refractivity contribution is 7.99. The second-order valence-corrected chi connectivity index (χ2v) is 8.25. The number of halogens is 2. The second kappa shape index (κ2) is 8.77. The zero-order valence-corrected chi connectivity index (χ0v) is 16.6. The Kier molecular flexibility index (Phi) is 6.42. The zero-order valence-electron chi connectivity index (χ0n) is 14.3. The quantitative estimate of drug-likeness (QED) is 0.316. The van der Waals surface area contributed by atoms with E-state index >= 15 is 0 Å². The van der Waals surface area contributed by atoms with Gasteiger partial charge in [0, 0.05) is 32.2 Å². The summed E-state index contributed by atoms with van der Waals surface area (Å²) in [5, 5.41) is 1.39. The van der Waals surface area contributed by atoms with Crippen LogP contribution in [0.25, 0.3) is 0 Å². The minimum Gasteiger partial charge on any atom is -0.294 e. The van der Waals surface area contributed by atoms with E-state index in [4.69, 9.17) is 23.2 Å². The van der Waals surface area contributed by atoms with E-state index in [0.717, 1.165) is 21.6 Å². The molecule has 0 saturated carbocycles. The Bertz CT molecular complexity index is 872. The van der Waals surface area contributed by atoms with E-state index in [1.807, 2.05) is 79.7 Å². The van der Waals surface area contributed by atoms with Crippen molar-refractivity contribution in [3.8, 4) is 0 Å². The van der Waals surface area contributed by atoms with Gasteiger partial charge < -0.3 is 0 Å². The summed E-state index contributed by atoms with van der Waals surface area (Å²) in [5.41, 5.74) is 2.97. The Labute approximate surface area is 168 Å². The molecule has 0 aliphatic carbocycles. The van der Waals surface area contributed by atoms with E-state index in [-0.39, 0.29) is 11.0 Å². The van der Waals surface area contributed by atoms with Crippen LogP contribution < -0.4 is 0 Å². The third kappa shape index (κ3) is 5.14. The van der Waals surface area contributed by atoms with Gasteiger partial charge in [-0.3, -0.25) is 4.79 Å². The van der Waals surface area contributed by atoms with Gasteiger partial charge in [-0.2, -0.15) is 0 Å². The molecule has 3 aromatic rings. The molecule has 132 valence electrons. The molecule has 0 heterocycles. The van der Waals surface area contributed by atoms with Crippen LogP contribution in [-0.4, -0.2) is 5.78 Å². The van der Waals surface area contributed by atoms with E-state index in [0.29, 0.717) is 16.5 Å². The predicted molar refractivity (Wildman–Crippen MR) is 112 cm³/mol. The molecule has 0 unspecified atom stereocenters. The van der Waals surface area contributed by atoms with E-state index in [1.165, 1.54) is 0 Å². The molecular weight excluding hydrogens is 383 g/mol. The molecule has 0 aliphatic rings. The van der Waals surface area contributed by atoms with Gasteiger partial charge in [-0.15, -0.1) is 11.8 Å². The highest BCUT2D eigenvalue weighted by atomic mass is 35.5. The fraction of sp³-hybridized carbons (Fsp3) is 0.136. The van der Waals surface area contributed by atoms with Gasteiger partial charge in [0.1, 0.15) is 0 Å². The van der Waals surface area contributed by atoms with Crippen molar-refractivity contribution >= 4 is 40.7 Å². The number of carbonyl (C=O) groups excluding carboxylic acids is 1. The van der Waals surface area contributed by atoms with Crippen molar-refractivity contribution in [1.82, 2.24) is 0 Å². The number of benzene rings is 3. The van der Waals surface area contributed by atoms with Crippen LogP contribution in [0.15, 0.2) is 77.7 Å². The first-order valence-electron chi connectivity index (χ1n) is 8.29. The molecule has 0 amide bonds. The van der Waals surface area contributed by atoms with Crippen molar-refractivity contribution in [2.24, 2.45) is 0 Å². The van der Waals surface area contributed by atoms with Crippen LogP contribution in [0.5, 0.6) is 0 Å². The Morgan fingerprint density at radius 2 is 1.38 bits per heavy atom.